The summed E-state index contributed by atoms with van der Waals surface area (Å²) in [7, 11) is -3.67. The minimum absolute atomic E-state index is 0.0751. The second-order valence-electron chi connectivity index (χ2n) is 4.96. The Balaban J connectivity index is 2.05. The number of carbonyl (C=O) groups excluding carboxylic acids is 2. The summed E-state index contributed by atoms with van der Waals surface area (Å²) in [5, 5.41) is 2.46. The monoisotopic (exact) mass is 351 g/mol. The summed E-state index contributed by atoms with van der Waals surface area (Å²) in [6, 6.07) is 5.34. The molecule has 1 heterocycles. The molecule has 1 aliphatic rings. The van der Waals surface area contributed by atoms with Gasteiger partial charge in [0, 0.05) is 12.1 Å². The fourth-order valence-electron chi connectivity index (χ4n) is 1.97. The molecule has 1 amide bonds. The number of esters is 1. The molecule has 0 saturated carbocycles. The number of rotatable bonds is 6. The first-order valence-electron chi connectivity index (χ1n) is 7.09. The molecule has 128 valence electrons. The van der Waals surface area contributed by atoms with Crippen molar-refractivity contribution in [1.82, 2.24) is 10.0 Å². The Hall–Kier alpha value is -2.68. The average molecular weight is 351 g/mol. The number of nitrogens with one attached hydrogen (secondary N) is 2. The van der Waals surface area contributed by atoms with Crippen LogP contribution in [-0.4, -0.2) is 45.3 Å². The number of benzene rings is 1. The first-order valence-corrected chi connectivity index (χ1v) is 8.57. The molecule has 0 spiro atoms. The summed E-state index contributed by atoms with van der Waals surface area (Å²) in [5.41, 5.74) is 0.390. The highest BCUT2D eigenvalue weighted by atomic mass is 32.2. The van der Waals surface area contributed by atoms with Gasteiger partial charge in [-0.2, -0.15) is 0 Å². The number of amidine groups is 1. The molecule has 1 aromatic carbocycles. The van der Waals surface area contributed by atoms with Crippen molar-refractivity contribution in [2.45, 2.75) is 17.9 Å². The van der Waals surface area contributed by atoms with Gasteiger partial charge in [0.15, 0.2) is 6.61 Å². The van der Waals surface area contributed by atoms with Crippen LogP contribution in [0.4, 0.5) is 0 Å². The Morgan fingerprint density at radius 2 is 2.12 bits per heavy atom. The zero-order valence-corrected chi connectivity index (χ0v) is 13.8. The van der Waals surface area contributed by atoms with Crippen LogP contribution in [0.3, 0.4) is 0 Å². The zero-order chi connectivity index (χ0) is 17.7. The molecule has 0 radical (unpaired) electrons. The lowest BCUT2D eigenvalue weighted by Gasteiger charge is -2.09. The third-order valence-corrected chi connectivity index (χ3v) is 4.51. The van der Waals surface area contributed by atoms with Gasteiger partial charge in [0.25, 0.3) is 15.9 Å². The molecule has 0 unspecified atom stereocenters. The molecule has 2 rings (SSSR count). The minimum Gasteiger partial charge on any atom is -0.454 e. The molecule has 9 heteroatoms. The molecule has 2 N–H and O–H groups in total. The van der Waals surface area contributed by atoms with Gasteiger partial charge in [0.05, 0.1) is 4.90 Å². The van der Waals surface area contributed by atoms with Crippen molar-refractivity contribution in [3.8, 4) is 0 Å². The summed E-state index contributed by atoms with van der Waals surface area (Å²) >= 11 is 0. The highest BCUT2D eigenvalue weighted by Gasteiger charge is 2.31. The van der Waals surface area contributed by atoms with Crippen LogP contribution in [0.25, 0.3) is 0 Å². The van der Waals surface area contributed by atoms with E-state index in [1.54, 1.807) is 18.2 Å². The van der Waals surface area contributed by atoms with E-state index < -0.39 is 34.5 Å². The topological polar surface area (TPSA) is 114 Å². The lowest BCUT2D eigenvalue weighted by Crippen LogP contribution is -2.31. The Kier molecular flexibility index (Phi) is 5.35. The van der Waals surface area contributed by atoms with Gasteiger partial charge in [-0.05, 0) is 19.1 Å². The van der Waals surface area contributed by atoms with E-state index in [9.17, 15) is 18.0 Å². The van der Waals surface area contributed by atoms with Gasteiger partial charge in [-0.25, -0.2) is 13.2 Å². The van der Waals surface area contributed by atoms with Crippen molar-refractivity contribution in [2.75, 3.05) is 13.2 Å². The quantitative estimate of drug-likeness (QED) is 0.551. The average Bonchev–Trinajstić information content (AvgIpc) is 2.81. The smallest absolute Gasteiger partial charge is 0.331 e. The maximum Gasteiger partial charge on any atom is 0.331 e. The van der Waals surface area contributed by atoms with E-state index in [4.69, 9.17) is 4.74 Å². The van der Waals surface area contributed by atoms with Gasteiger partial charge in [-0.3, -0.25) is 14.5 Å². The van der Waals surface area contributed by atoms with Crippen molar-refractivity contribution in [3.63, 3.8) is 0 Å². The molecular weight excluding hydrogens is 334 g/mol. The van der Waals surface area contributed by atoms with Crippen LogP contribution in [0.2, 0.25) is 0 Å². The number of hydrogen-bond acceptors (Lipinski definition) is 6. The van der Waals surface area contributed by atoms with E-state index in [1.165, 1.54) is 19.1 Å². The predicted molar refractivity (Wildman–Crippen MR) is 86.9 cm³/mol. The summed E-state index contributed by atoms with van der Waals surface area (Å²) in [5.74, 6) is -1.12. The van der Waals surface area contributed by atoms with Gasteiger partial charge >= 0.3 is 5.97 Å². The van der Waals surface area contributed by atoms with Crippen LogP contribution in [0.15, 0.2) is 46.8 Å². The van der Waals surface area contributed by atoms with E-state index in [0.717, 1.165) is 0 Å². The number of sulfonamides is 1. The largest absolute Gasteiger partial charge is 0.454 e. The summed E-state index contributed by atoms with van der Waals surface area (Å²) in [4.78, 5) is 27.4. The fraction of sp³-hybridized carbons (Fsp3) is 0.267. The van der Waals surface area contributed by atoms with Crippen LogP contribution in [0, 0.1) is 0 Å². The first kappa shape index (κ1) is 17.7. The van der Waals surface area contributed by atoms with E-state index >= 15 is 0 Å². The maximum atomic E-state index is 12.0. The van der Waals surface area contributed by atoms with Gasteiger partial charge < -0.3 is 10.1 Å². The number of amides is 1. The first-order chi connectivity index (χ1) is 11.3. The van der Waals surface area contributed by atoms with E-state index in [1.807, 2.05) is 0 Å². The number of ether oxygens (including phenoxy) is 1. The summed E-state index contributed by atoms with van der Waals surface area (Å²) in [6.45, 7) is 4.73. The van der Waals surface area contributed by atoms with Crippen LogP contribution < -0.4 is 10.0 Å². The Morgan fingerprint density at radius 3 is 2.83 bits per heavy atom. The second-order valence-corrected chi connectivity index (χ2v) is 6.61. The third-order valence-electron chi connectivity index (χ3n) is 3.12. The minimum atomic E-state index is -3.67. The predicted octanol–water partition coefficient (Wildman–Crippen LogP) is -0.0410. The van der Waals surface area contributed by atoms with Gasteiger partial charge in [-0.1, -0.05) is 18.2 Å². The van der Waals surface area contributed by atoms with Crippen molar-refractivity contribution < 1.29 is 22.7 Å². The second kappa shape index (κ2) is 7.26. The summed E-state index contributed by atoms with van der Waals surface area (Å²) < 4.78 is 31.1. The molecule has 1 atom stereocenters. The van der Waals surface area contributed by atoms with Crippen LogP contribution >= 0.6 is 0 Å². The lowest BCUT2D eigenvalue weighted by molar-refractivity contribution is -0.149. The SMILES string of the molecule is C=CCNC(=O)COC(=O)[C@H](C)N=C1NS(=O)(=O)c2ccccc21. The van der Waals surface area contributed by atoms with Crippen molar-refractivity contribution in [3.05, 3.63) is 42.5 Å². The molecular formula is C15H17N3O5S. The summed E-state index contributed by atoms with van der Waals surface area (Å²) in [6.07, 6.45) is 1.50. The van der Waals surface area contributed by atoms with Crippen molar-refractivity contribution >= 4 is 27.7 Å². The Morgan fingerprint density at radius 1 is 1.42 bits per heavy atom. The molecule has 8 nitrogen and oxygen atoms in total. The number of carbonyl (C=O) groups is 2. The van der Waals surface area contributed by atoms with Crippen molar-refractivity contribution in [1.29, 1.82) is 0 Å². The Labute approximate surface area is 139 Å². The molecule has 0 saturated heterocycles. The zero-order valence-electron chi connectivity index (χ0n) is 13.0. The highest BCUT2D eigenvalue weighted by Crippen LogP contribution is 2.22. The number of fused-ring (bicyclic) bond motifs is 1. The fourth-order valence-corrected chi connectivity index (χ4v) is 3.21. The molecule has 24 heavy (non-hydrogen) atoms. The van der Waals surface area contributed by atoms with Crippen molar-refractivity contribution in [2.24, 2.45) is 4.99 Å². The van der Waals surface area contributed by atoms with E-state index in [-0.39, 0.29) is 17.3 Å². The van der Waals surface area contributed by atoms with Crippen LogP contribution in [0.1, 0.15) is 12.5 Å². The normalized spacial score (nSPS) is 17.5. The van der Waals surface area contributed by atoms with E-state index in [2.05, 4.69) is 21.6 Å². The van der Waals surface area contributed by atoms with Crippen LogP contribution in [0.5, 0.6) is 0 Å². The van der Waals surface area contributed by atoms with Gasteiger partial charge in [0.1, 0.15) is 11.9 Å². The lowest BCUT2D eigenvalue weighted by atomic mass is 10.2. The number of hydrogen-bond donors (Lipinski definition) is 2. The number of aliphatic imine (C=N–C) groups is 1. The maximum absolute atomic E-state index is 12.0. The Bertz CT molecular complexity index is 801. The molecule has 0 fully saturated rings. The van der Waals surface area contributed by atoms with E-state index in [0.29, 0.717) is 5.56 Å². The highest BCUT2D eigenvalue weighted by molar-refractivity contribution is 7.90. The molecule has 0 bridgehead atoms. The third kappa shape index (κ3) is 3.99. The van der Waals surface area contributed by atoms with Crippen LogP contribution in [-0.2, 0) is 24.3 Å². The molecule has 1 aromatic rings. The standard InChI is InChI=1S/C15H17N3O5S/c1-3-8-16-13(19)9-23-15(20)10(2)17-14-11-6-4-5-7-12(11)24(21,22)18-14/h3-7,10H,1,8-9H2,2H3,(H,16,19)(H,17,18)/t10-/m0/s1. The van der Waals surface area contributed by atoms with Gasteiger partial charge in [-0.15, -0.1) is 6.58 Å². The van der Waals surface area contributed by atoms with Gasteiger partial charge in [0.2, 0.25) is 0 Å². The molecule has 0 aromatic heterocycles. The number of nitrogens with zero attached hydrogens (tertiary/aromatic N) is 1. The molecule has 0 aliphatic carbocycles. The molecule has 1 aliphatic heterocycles.